The molecule has 0 heterocycles. The van der Waals surface area contributed by atoms with Crippen LogP contribution in [-0.4, -0.2) is 22.0 Å². The summed E-state index contributed by atoms with van der Waals surface area (Å²) in [5, 5.41) is 18.0. The molecule has 1 rings (SSSR count). The van der Waals surface area contributed by atoms with Gasteiger partial charge in [-0.2, -0.15) is 0 Å². The maximum atomic E-state index is 12.7. The van der Waals surface area contributed by atoms with E-state index in [0.717, 1.165) is 12.1 Å². The van der Waals surface area contributed by atoms with E-state index in [1.165, 1.54) is 6.07 Å². The third kappa shape index (κ3) is 2.89. The first kappa shape index (κ1) is 14.2. The number of carbonyl (C=O) groups excluding carboxylic acids is 1. The van der Waals surface area contributed by atoms with Gasteiger partial charge in [0.25, 0.3) is 6.43 Å². The van der Waals surface area contributed by atoms with Gasteiger partial charge in [-0.05, 0) is 6.07 Å². The number of hydrogen-bond donors (Lipinski definition) is 2. The average Bonchev–Trinajstić information content (AvgIpc) is 2.35. The quantitative estimate of drug-likeness (QED) is 0.795. The Balaban J connectivity index is 3.32. The maximum absolute atomic E-state index is 12.7. The number of benzene rings is 1. The zero-order valence-corrected chi connectivity index (χ0v) is 9.56. The number of ketones is 1. The third-order valence-corrected chi connectivity index (χ3v) is 2.49. The van der Waals surface area contributed by atoms with E-state index in [4.69, 9.17) is 5.11 Å². The molecule has 0 fully saturated rings. The van der Waals surface area contributed by atoms with Crippen molar-refractivity contribution in [1.29, 1.82) is 0 Å². The number of aliphatic hydroxyl groups is 1. The van der Waals surface area contributed by atoms with Crippen molar-refractivity contribution >= 4 is 11.8 Å². The van der Waals surface area contributed by atoms with E-state index in [0.29, 0.717) is 0 Å². The lowest BCUT2D eigenvalue weighted by atomic mass is 9.97. The molecule has 6 heteroatoms. The Hall–Kier alpha value is -1.82. The Labute approximate surface area is 102 Å². The van der Waals surface area contributed by atoms with Crippen molar-refractivity contribution in [3.63, 3.8) is 0 Å². The highest BCUT2D eigenvalue weighted by atomic mass is 19.3. The molecule has 1 aromatic rings. The Bertz CT molecular complexity index is 471. The van der Waals surface area contributed by atoms with Gasteiger partial charge >= 0.3 is 5.97 Å². The Morgan fingerprint density at radius 2 is 1.89 bits per heavy atom. The van der Waals surface area contributed by atoms with Gasteiger partial charge in [0.05, 0.1) is 0 Å². The number of carboxylic acid groups (broad SMARTS) is 1. The zero-order chi connectivity index (χ0) is 13.9. The second-order valence-electron chi connectivity index (χ2n) is 3.66. The van der Waals surface area contributed by atoms with Crippen LogP contribution < -0.4 is 0 Å². The summed E-state index contributed by atoms with van der Waals surface area (Å²) < 4.78 is 25.4. The molecule has 2 N–H and O–H groups in total. The van der Waals surface area contributed by atoms with Gasteiger partial charge in [0, 0.05) is 23.1 Å². The minimum atomic E-state index is -2.92. The van der Waals surface area contributed by atoms with Crippen LogP contribution in [0.15, 0.2) is 18.2 Å². The molecule has 0 saturated carbocycles. The van der Waals surface area contributed by atoms with E-state index in [1.54, 1.807) is 6.92 Å². The lowest BCUT2D eigenvalue weighted by Gasteiger charge is -2.13. The second kappa shape index (κ2) is 5.68. The number of alkyl halides is 2. The van der Waals surface area contributed by atoms with E-state index in [1.807, 2.05) is 0 Å². The van der Waals surface area contributed by atoms with E-state index >= 15 is 0 Å². The highest BCUT2D eigenvalue weighted by Gasteiger charge is 2.24. The molecule has 4 nitrogen and oxygen atoms in total. The summed E-state index contributed by atoms with van der Waals surface area (Å²) in [7, 11) is 0. The first-order valence-corrected chi connectivity index (χ1v) is 5.24. The van der Waals surface area contributed by atoms with Crippen molar-refractivity contribution in [2.24, 2.45) is 0 Å². The molecule has 0 amide bonds. The topological polar surface area (TPSA) is 74.6 Å². The van der Waals surface area contributed by atoms with Crippen molar-refractivity contribution in [2.75, 3.05) is 0 Å². The molecule has 98 valence electrons. The molecule has 0 bridgehead atoms. The number of rotatable bonds is 5. The van der Waals surface area contributed by atoms with Crippen LogP contribution in [0.25, 0.3) is 0 Å². The van der Waals surface area contributed by atoms with E-state index in [-0.39, 0.29) is 17.8 Å². The van der Waals surface area contributed by atoms with Crippen molar-refractivity contribution in [1.82, 2.24) is 0 Å². The fourth-order valence-electron chi connectivity index (χ4n) is 1.52. The highest BCUT2D eigenvalue weighted by Crippen LogP contribution is 2.29. The fourth-order valence-corrected chi connectivity index (χ4v) is 1.52. The molecule has 1 unspecified atom stereocenters. The molecule has 0 aromatic heterocycles. The standard InChI is InChI=1S/C12H12F2O4/c1-2-9(15)6-3-4-7(11(13)14)8(5-6)10(16)12(17)18/h3-5,10-11,16H,2H2,1H3,(H,17,18). The molecule has 0 saturated heterocycles. The summed E-state index contributed by atoms with van der Waals surface area (Å²) in [6.45, 7) is 1.59. The molecule has 1 aromatic carbocycles. The molecule has 0 radical (unpaired) electrons. The lowest BCUT2D eigenvalue weighted by Crippen LogP contribution is -2.14. The molecular weight excluding hydrogens is 246 g/mol. The largest absolute Gasteiger partial charge is 0.479 e. The number of Topliss-reactive ketones (excluding diaryl/α,β-unsaturated/α-hetero) is 1. The summed E-state index contributed by atoms with van der Waals surface area (Å²) in [6, 6.07) is 3.17. The minimum Gasteiger partial charge on any atom is -0.479 e. The summed E-state index contributed by atoms with van der Waals surface area (Å²) in [6.07, 6.45) is -4.82. The van der Waals surface area contributed by atoms with E-state index in [9.17, 15) is 23.5 Å². The van der Waals surface area contributed by atoms with Gasteiger partial charge in [-0.3, -0.25) is 4.79 Å². The molecule has 18 heavy (non-hydrogen) atoms. The first-order chi connectivity index (χ1) is 8.38. The van der Waals surface area contributed by atoms with Crippen LogP contribution in [-0.2, 0) is 4.79 Å². The second-order valence-corrected chi connectivity index (χ2v) is 3.66. The van der Waals surface area contributed by atoms with E-state index in [2.05, 4.69) is 0 Å². The van der Waals surface area contributed by atoms with Crippen molar-refractivity contribution in [2.45, 2.75) is 25.9 Å². The number of aliphatic hydroxyl groups excluding tert-OH is 1. The molecular formula is C12H12F2O4. The SMILES string of the molecule is CCC(=O)c1ccc(C(F)F)c(C(O)C(=O)O)c1. The maximum Gasteiger partial charge on any atom is 0.337 e. The summed E-state index contributed by atoms with van der Waals surface area (Å²) >= 11 is 0. The van der Waals surface area contributed by atoms with Gasteiger partial charge in [0.2, 0.25) is 0 Å². The van der Waals surface area contributed by atoms with E-state index < -0.39 is 29.6 Å². The van der Waals surface area contributed by atoms with Crippen LogP contribution in [0.5, 0.6) is 0 Å². The van der Waals surface area contributed by atoms with Gasteiger partial charge < -0.3 is 10.2 Å². The molecule has 0 spiro atoms. The van der Waals surface area contributed by atoms with Crippen LogP contribution in [0.1, 0.15) is 47.4 Å². The van der Waals surface area contributed by atoms with Gasteiger partial charge in [0.15, 0.2) is 11.9 Å². The summed E-state index contributed by atoms with van der Waals surface area (Å²) in [5.41, 5.74) is -0.924. The van der Waals surface area contributed by atoms with Gasteiger partial charge in [0.1, 0.15) is 0 Å². The zero-order valence-electron chi connectivity index (χ0n) is 9.56. The molecule has 0 aliphatic heterocycles. The number of carbonyl (C=O) groups is 2. The summed E-state index contributed by atoms with van der Waals surface area (Å²) in [4.78, 5) is 22.1. The van der Waals surface area contributed by atoms with Crippen LogP contribution in [0.4, 0.5) is 8.78 Å². The van der Waals surface area contributed by atoms with Crippen molar-refractivity contribution in [3.05, 3.63) is 34.9 Å². The number of carboxylic acids is 1. The smallest absolute Gasteiger partial charge is 0.337 e. The summed E-state index contributed by atoms with van der Waals surface area (Å²) in [5.74, 6) is -1.95. The lowest BCUT2D eigenvalue weighted by molar-refractivity contribution is -0.147. The van der Waals surface area contributed by atoms with Crippen molar-refractivity contribution < 1.29 is 28.6 Å². The molecule has 1 atom stereocenters. The van der Waals surface area contributed by atoms with Crippen LogP contribution in [0.3, 0.4) is 0 Å². The predicted octanol–water partition coefficient (Wildman–Crippen LogP) is 2.33. The van der Waals surface area contributed by atoms with Gasteiger partial charge in [-0.15, -0.1) is 0 Å². The number of hydrogen-bond acceptors (Lipinski definition) is 3. The van der Waals surface area contributed by atoms with Crippen LogP contribution in [0, 0.1) is 0 Å². The fraction of sp³-hybridized carbons (Fsp3) is 0.333. The van der Waals surface area contributed by atoms with Gasteiger partial charge in [-0.25, -0.2) is 13.6 Å². The Morgan fingerprint density at radius 3 is 2.33 bits per heavy atom. The van der Waals surface area contributed by atoms with Crippen LogP contribution in [0.2, 0.25) is 0 Å². The first-order valence-electron chi connectivity index (χ1n) is 5.24. The Kier molecular flexibility index (Phi) is 4.49. The van der Waals surface area contributed by atoms with Gasteiger partial charge in [-0.1, -0.05) is 19.1 Å². The average molecular weight is 258 g/mol. The third-order valence-electron chi connectivity index (χ3n) is 2.49. The molecule has 0 aliphatic rings. The normalized spacial score (nSPS) is 12.5. The number of halogens is 2. The number of aliphatic carboxylic acids is 1. The predicted molar refractivity (Wildman–Crippen MR) is 58.6 cm³/mol. The van der Waals surface area contributed by atoms with Crippen LogP contribution >= 0.6 is 0 Å². The highest BCUT2D eigenvalue weighted by molar-refractivity contribution is 5.96. The minimum absolute atomic E-state index is 0.109. The monoisotopic (exact) mass is 258 g/mol. The molecule has 0 aliphatic carbocycles. The van der Waals surface area contributed by atoms with Crippen molar-refractivity contribution in [3.8, 4) is 0 Å². The Morgan fingerprint density at radius 1 is 1.28 bits per heavy atom.